The zero-order valence-electron chi connectivity index (χ0n) is 16.5. The molecule has 0 fully saturated rings. The molecule has 1 atom stereocenters. The summed E-state index contributed by atoms with van der Waals surface area (Å²) in [6.45, 7) is 3.78. The Morgan fingerprint density at radius 1 is 1.17 bits per heavy atom. The molecule has 7 nitrogen and oxygen atoms in total. The number of carboxylic acid groups (broad SMARTS) is 1. The van der Waals surface area contributed by atoms with Crippen molar-refractivity contribution in [1.29, 1.82) is 0 Å². The molecule has 3 N–H and O–H groups in total. The van der Waals surface area contributed by atoms with E-state index in [-0.39, 0.29) is 29.7 Å². The first-order chi connectivity index (χ1) is 13.7. The van der Waals surface area contributed by atoms with Crippen molar-refractivity contribution in [1.82, 2.24) is 10.3 Å². The second kappa shape index (κ2) is 8.03. The lowest BCUT2D eigenvalue weighted by molar-refractivity contribution is -0.141. The molecule has 0 radical (unpaired) electrons. The highest BCUT2D eigenvalue weighted by Crippen LogP contribution is 2.33. The van der Waals surface area contributed by atoms with E-state index >= 15 is 0 Å². The van der Waals surface area contributed by atoms with E-state index in [0.29, 0.717) is 24.1 Å². The van der Waals surface area contributed by atoms with Crippen LogP contribution in [0, 0.1) is 11.3 Å². The normalized spacial score (nSPS) is 16.0. The fraction of sp³-hybridized carbons (Fsp3) is 0.364. The van der Waals surface area contributed by atoms with Gasteiger partial charge in [-0.25, -0.2) is 0 Å². The fourth-order valence-electron chi connectivity index (χ4n) is 3.65. The van der Waals surface area contributed by atoms with Gasteiger partial charge in [0.15, 0.2) is 5.78 Å². The predicted octanol–water partition coefficient (Wildman–Crippen LogP) is 2.20. The van der Waals surface area contributed by atoms with Crippen molar-refractivity contribution in [3.05, 3.63) is 69.1 Å². The first-order valence-corrected chi connectivity index (χ1v) is 9.50. The highest BCUT2D eigenvalue weighted by atomic mass is 16.4. The molecule has 1 aromatic heterocycles. The number of carboxylic acids is 1. The first-order valence-electron chi connectivity index (χ1n) is 9.50. The van der Waals surface area contributed by atoms with Gasteiger partial charge in [0.05, 0.1) is 5.92 Å². The minimum Gasteiger partial charge on any atom is -0.481 e. The monoisotopic (exact) mass is 396 g/mol. The van der Waals surface area contributed by atoms with E-state index in [1.807, 2.05) is 44.2 Å². The molecule has 0 bridgehead atoms. The van der Waals surface area contributed by atoms with Crippen molar-refractivity contribution in [3.8, 4) is 0 Å². The lowest BCUT2D eigenvalue weighted by Crippen LogP contribution is -2.38. The molecule has 0 spiro atoms. The number of nitrogens with one attached hydrogen (secondary N) is 2. The van der Waals surface area contributed by atoms with Crippen molar-refractivity contribution >= 4 is 17.7 Å². The Labute approximate surface area is 168 Å². The molecule has 3 rings (SSSR count). The third-order valence-electron chi connectivity index (χ3n) is 5.15. The summed E-state index contributed by atoms with van der Waals surface area (Å²) >= 11 is 0. The minimum absolute atomic E-state index is 0.117. The van der Waals surface area contributed by atoms with Crippen LogP contribution >= 0.6 is 0 Å². The Bertz CT molecular complexity index is 1010. The maximum absolute atomic E-state index is 12.5. The molecule has 1 amide bonds. The molecule has 1 heterocycles. The fourth-order valence-corrected chi connectivity index (χ4v) is 3.65. The number of Topliss-reactive ketones (excluding diaryl/α,β-unsaturated/α-hetero) is 1. The molecule has 1 aliphatic rings. The summed E-state index contributed by atoms with van der Waals surface area (Å²) in [5.74, 6) is -2.67. The number of aromatic amines is 1. The molecule has 29 heavy (non-hydrogen) atoms. The highest BCUT2D eigenvalue weighted by Gasteiger charge is 2.32. The van der Waals surface area contributed by atoms with Gasteiger partial charge in [0, 0.05) is 24.2 Å². The van der Waals surface area contributed by atoms with Gasteiger partial charge in [-0.1, -0.05) is 44.2 Å². The van der Waals surface area contributed by atoms with Crippen molar-refractivity contribution in [3.63, 3.8) is 0 Å². The number of pyridine rings is 1. The third-order valence-corrected chi connectivity index (χ3v) is 5.15. The molecular weight excluding hydrogens is 372 g/mol. The maximum atomic E-state index is 12.5. The molecule has 1 aliphatic carbocycles. The Morgan fingerprint density at radius 3 is 2.52 bits per heavy atom. The van der Waals surface area contributed by atoms with Crippen LogP contribution in [0.15, 0.2) is 41.2 Å². The number of benzene rings is 1. The van der Waals surface area contributed by atoms with Crippen LogP contribution in [0.2, 0.25) is 0 Å². The van der Waals surface area contributed by atoms with Gasteiger partial charge in [-0.2, -0.15) is 0 Å². The quantitative estimate of drug-likeness (QED) is 0.692. The summed E-state index contributed by atoms with van der Waals surface area (Å²) in [6, 6.07) is 10.4. The van der Waals surface area contributed by atoms with Gasteiger partial charge in [0.25, 0.3) is 11.5 Å². The number of rotatable bonds is 6. The average molecular weight is 396 g/mol. The van der Waals surface area contributed by atoms with Gasteiger partial charge in [0.1, 0.15) is 5.56 Å². The van der Waals surface area contributed by atoms with E-state index < -0.39 is 23.4 Å². The topological polar surface area (TPSA) is 116 Å². The van der Waals surface area contributed by atoms with Gasteiger partial charge in [-0.3, -0.25) is 19.2 Å². The van der Waals surface area contributed by atoms with E-state index in [1.54, 1.807) is 0 Å². The zero-order valence-corrected chi connectivity index (χ0v) is 16.5. The van der Waals surface area contributed by atoms with Gasteiger partial charge in [-0.05, 0) is 29.9 Å². The SMILES string of the molecule is CC1(C)CC(=O)c2cc(C(=O)NCC(Cc3ccccc3)C(=O)O)c(=O)[nH]c2C1. The van der Waals surface area contributed by atoms with Gasteiger partial charge in [0.2, 0.25) is 0 Å². The van der Waals surface area contributed by atoms with Crippen LogP contribution in [-0.4, -0.2) is 34.3 Å². The summed E-state index contributed by atoms with van der Waals surface area (Å²) < 4.78 is 0. The maximum Gasteiger partial charge on any atom is 0.308 e. The summed E-state index contributed by atoms with van der Waals surface area (Å²) in [7, 11) is 0. The lowest BCUT2D eigenvalue weighted by Gasteiger charge is -2.29. The van der Waals surface area contributed by atoms with E-state index in [4.69, 9.17) is 0 Å². The number of aromatic nitrogens is 1. The Hall–Kier alpha value is -3.22. The predicted molar refractivity (Wildman–Crippen MR) is 107 cm³/mol. The number of H-pyrrole nitrogens is 1. The first kappa shape index (κ1) is 20.5. The standard InChI is InChI=1S/C22H24N2O5/c1-22(2)10-17-15(18(25)11-22)9-16(20(27)24-17)19(26)23-12-14(21(28)29)8-13-6-4-3-5-7-13/h3-7,9,14H,8,10-12H2,1-2H3,(H,23,26)(H,24,27)(H,28,29). The third kappa shape index (κ3) is 4.80. The number of carbonyl (C=O) groups is 3. The van der Waals surface area contributed by atoms with Crippen LogP contribution in [-0.2, 0) is 17.6 Å². The van der Waals surface area contributed by atoms with Crippen molar-refractivity contribution < 1.29 is 19.5 Å². The van der Waals surface area contributed by atoms with E-state index in [0.717, 1.165) is 5.56 Å². The molecule has 152 valence electrons. The van der Waals surface area contributed by atoms with E-state index in [2.05, 4.69) is 10.3 Å². The highest BCUT2D eigenvalue weighted by molar-refractivity contribution is 6.02. The van der Waals surface area contributed by atoms with Crippen molar-refractivity contribution in [2.45, 2.75) is 33.1 Å². The summed E-state index contributed by atoms with van der Waals surface area (Å²) in [5.41, 5.74) is 0.730. The van der Waals surface area contributed by atoms with Crippen molar-refractivity contribution in [2.75, 3.05) is 6.54 Å². The number of ketones is 1. The van der Waals surface area contributed by atoms with Crippen molar-refractivity contribution in [2.24, 2.45) is 11.3 Å². The zero-order chi connectivity index (χ0) is 21.2. The van der Waals surface area contributed by atoms with Crippen LogP contribution < -0.4 is 10.9 Å². The molecule has 0 saturated heterocycles. The largest absolute Gasteiger partial charge is 0.481 e. The summed E-state index contributed by atoms with van der Waals surface area (Å²) in [6.07, 6.45) is 1.14. The second-order valence-corrected chi connectivity index (χ2v) is 8.28. The Morgan fingerprint density at radius 2 is 1.86 bits per heavy atom. The number of carbonyl (C=O) groups excluding carboxylic acids is 2. The summed E-state index contributed by atoms with van der Waals surface area (Å²) in [5, 5.41) is 12.0. The van der Waals surface area contributed by atoms with Crippen LogP contribution in [0.5, 0.6) is 0 Å². The second-order valence-electron chi connectivity index (χ2n) is 8.28. The van der Waals surface area contributed by atoms with E-state index in [1.165, 1.54) is 6.07 Å². The molecule has 7 heteroatoms. The number of hydrogen-bond donors (Lipinski definition) is 3. The number of amides is 1. The molecular formula is C22H24N2O5. The van der Waals surface area contributed by atoms with E-state index in [9.17, 15) is 24.3 Å². The van der Waals surface area contributed by atoms with Gasteiger partial charge < -0.3 is 15.4 Å². The van der Waals surface area contributed by atoms with Crippen LogP contribution in [0.4, 0.5) is 0 Å². The van der Waals surface area contributed by atoms with Crippen LogP contribution in [0.3, 0.4) is 0 Å². The Kier molecular flexibility index (Phi) is 5.68. The summed E-state index contributed by atoms with van der Waals surface area (Å²) in [4.78, 5) is 51.5. The van der Waals surface area contributed by atoms with Crippen LogP contribution in [0.1, 0.15) is 52.2 Å². The van der Waals surface area contributed by atoms with Gasteiger partial charge in [-0.15, -0.1) is 0 Å². The minimum atomic E-state index is -1.04. The molecule has 0 saturated carbocycles. The average Bonchev–Trinajstić information content (AvgIpc) is 2.64. The molecule has 0 aliphatic heterocycles. The van der Waals surface area contributed by atoms with Crippen LogP contribution in [0.25, 0.3) is 0 Å². The van der Waals surface area contributed by atoms with Gasteiger partial charge >= 0.3 is 5.97 Å². The Balaban J connectivity index is 1.75. The smallest absolute Gasteiger partial charge is 0.308 e. The number of hydrogen-bond acceptors (Lipinski definition) is 4. The molecule has 1 aromatic carbocycles. The number of fused-ring (bicyclic) bond motifs is 1. The number of aliphatic carboxylic acids is 1. The molecule has 2 aromatic rings. The lowest BCUT2D eigenvalue weighted by atomic mass is 9.75. The molecule has 1 unspecified atom stereocenters.